The number of carbonyl (C=O) groups excluding carboxylic acids is 1. The number of nitrogens with two attached hydrogens (primary N) is 1. The molecule has 0 aliphatic carbocycles. The summed E-state index contributed by atoms with van der Waals surface area (Å²) in [6.07, 6.45) is 3.76. The van der Waals surface area contributed by atoms with Gasteiger partial charge in [0.1, 0.15) is 12.0 Å². The van der Waals surface area contributed by atoms with Crippen LogP contribution in [0.25, 0.3) is 0 Å². The molecule has 7 nitrogen and oxygen atoms in total. The molecule has 2 aromatic rings. The minimum Gasteiger partial charge on any atom is -0.393 e. The van der Waals surface area contributed by atoms with Crippen molar-refractivity contribution in [1.29, 1.82) is 0 Å². The van der Waals surface area contributed by atoms with Crippen LogP contribution in [0.5, 0.6) is 0 Å². The third-order valence-electron chi connectivity index (χ3n) is 4.20. The molecule has 0 spiro atoms. The number of aromatic nitrogens is 2. The predicted octanol–water partition coefficient (Wildman–Crippen LogP) is 2.71. The van der Waals surface area contributed by atoms with Gasteiger partial charge in [-0.25, -0.2) is 9.97 Å². The third-order valence-corrected chi connectivity index (χ3v) is 4.44. The summed E-state index contributed by atoms with van der Waals surface area (Å²) in [6.45, 7) is 4.04. The highest BCUT2D eigenvalue weighted by atomic mass is 35.5. The van der Waals surface area contributed by atoms with Gasteiger partial charge < -0.3 is 10.6 Å². The van der Waals surface area contributed by atoms with E-state index in [9.17, 15) is 4.79 Å². The molecule has 1 aromatic heterocycles. The van der Waals surface area contributed by atoms with Crippen molar-refractivity contribution in [3.05, 3.63) is 41.2 Å². The highest BCUT2D eigenvalue weighted by Crippen LogP contribution is 2.29. The standard InChI is InChI=1S/C17H21ClN6O/c1-11-4-3-7-24(9-11)16-14(19)15(20-10-21-16)22-23-17(25)12-5-2-6-13(18)8-12/h2,5-6,8,10-11H,3-4,7,9,19H2,1H3,(H,23,25)(H,20,21,22). The van der Waals surface area contributed by atoms with Gasteiger partial charge in [-0.2, -0.15) is 0 Å². The summed E-state index contributed by atoms with van der Waals surface area (Å²) in [5.74, 6) is 1.34. The van der Waals surface area contributed by atoms with Crippen LogP contribution in [0.15, 0.2) is 30.6 Å². The number of benzene rings is 1. The Morgan fingerprint density at radius 1 is 1.40 bits per heavy atom. The fraction of sp³-hybridized carbons (Fsp3) is 0.353. The van der Waals surface area contributed by atoms with E-state index in [4.69, 9.17) is 17.3 Å². The van der Waals surface area contributed by atoms with Crippen LogP contribution < -0.4 is 21.5 Å². The van der Waals surface area contributed by atoms with Crippen molar-refractivity contribution in [2.45, 2.75) is 19.8 Å². The summed E-state index contributed by atoms with van der Waals surface area (Å²) < 4.78 is 0. The molecule has 0 radical (unpaired) electrons. The van der Waals surface area contributed by atoms with Crippen LogP contribution in [0.4, 0.5) is 17.3 Å². The molecule has 4 N–H and O–H groups in total. The Hall–Kier alpha value is -2.54. The quantitative estimate of drug-likeness (QED) is 0.725. The summed E-state index contributed by atoms with van der Waals surface area (Å²) in [5.41, 5.74) is 12.4. The third kappa shape index (κ3) is 4.11. The fourth-order valence-electron chi connectivity index (χ4n) is 2.94. The van der Waals surface area contributed by atoms with E-state index < -0.39 is 0 Å². The molecule has 1 aromatic carbocycles. The molecule has 1 unspecified atom stereocenters. The number of hydrogen-bond donors (Lipinski definition) is 3. The SMILES string of the molecule is CC1CCCN(c2ncnc(NNC(=O)c3cccc(Cl)c3)c2N)C1. The number of nitrogens with zero attached hydrogens (tertiary/aromatic N) is 3. The molecule has 0 saturated carbocycles. The monoisotopic (exact) mass is 360 g/mol. The van der Waals surface area contributed by atoms with E-state index in [1.165, 1.54) is 12.7 Å². The minimum absolute atomic E-state index is 0.325. The van der Waals surface area contributed by atoms with Gasteiger partial charge in [0.2, 0.25) is 0 Å². The van der Waals surface area contributed by atoms with E-state index in [-0.39, 0.29) is 5.91 Å². The molecule has 1 saturated heterocycles. The molecule has 1 atom stereocenters. The normalized spacial score (nSPS) is 17.2. The lowest BCUT2D eigenvalue weighted by atomic mass is 10.0. The summed E-state index contributed by atoms with van der Waals surface area (Å²) in [4.78, 5) is 22.8. The van der Waals surface area contributed by atoms with Gasteiger partial charge in [0.15, 0.2) is 11.6 Å². The van der Waals surface area contributed by atoms with E-state index in [0.717, 1.165) is 19.5 Å². The van der Waals surface area contributed by atoms with Gasteiger partial charge >= 0.3 is 0 Å². The Labute approximate surface area is 151 Å². The molecule has 2 heterocycles. The first-order chi connectivity index (χ1) is 12.0. The number of amides is 1. The smallest absolute Gasteiger partial charge is 0.269 e. The lowest BCUT2D eigenvalue weighted by Crippen LogP contribution is -2.36. The number of nitrogens with one attached hydrogen (secondary N) is 2. The summed E-state index contributed by atoms with van der Waals surface area (Å²) >= 11 is 5.90. The zero-order valence-corrected chi connectivity index (χ0v) is 14.8. The molecular formula is C17H21ClN6O. The first kappa shape index (κ1) is 17.3. The van der Waals surface area contributed by atoms with Gasteiger partial charge in [-0.1, -0.05) is 24.6 Å². The topological polar surface area (TPSA) is 96.2 Å². The highest BCUT2D eigenvalue weighted by Gasteiger charge is 2.21. The van der Waals surface area contributed by atoms with Crippen molar-refractivity contribution in [3.8, 4) is 0 Å². The molecule has 3 rings (SSSR count). The van der Waals surface area contributed by atoms with Gasteiger partial charge in [0.25, 0.3) is 5.91 Å². The van der Waals surface area contributed by atoms with Crippen molar-refractivity contribution >= 4 is 34.8 Å². The Morgan fingerprint density at radius 2 is 2.24 bits per heavy atom. The predicted molar refractivity (Wildman–Crippen MR) is 99.6 cm³/mol. The van der Waals surface area contributed by atoms with Crippen LogP contribution >= 0.6 is 11.6 Å². The minimum atomic E-state index is -0.325. The van der Waals surface area contributed by atoms with Gasteiger partial charge in [-0.3, -0.25) is 15.6 Å². The van der Waals surface area contributed by atoms with Crippen molar-refractivity contribution in [2.75, 3.05) is 29.1 Å². The van der Waals surface area contributed by atoms with Crippen LogP contribution in [0.1, 0.15) is 30.1 Å². The Balaban J connectivity index is 1.70. The number of carbonyl (C=O) groups is 1. The number of piperidine rings is 1. The van der Waals surface area contributed by atoms with E-state index in [0.29, 0.717) is 33.8 Å². The largest absolute Gasteiger partial charge is 0.393 e. The van der Waals surface area contributed by atoms with Crippen LogP contribution in [0, 0.1) is 5.92 Å². The van der Waals surface area contributed by atoms with Crippen LogP contribution in [-0.4, -0.2) is 29.0 Å². The number of rotatable bonds is 4. The number of halogens is 1. The summed E-state index contributed by atoms with van der Waals surface area (Å²) in [7, 11) is 0. The van der Waals surface area contributed by atoms with E-state index in [1.807, 2.05) is 0 Å². The van der Waals surface area contributed by atoms with Crippen molar-refractivity contribution < 1.29 is 4.79 Å². The van der Waals surface area contributed by atoms with Crippen molar-refractivity contribution in [1.82, 2.24) is 15.4 Å². The zero-order valence-electron chi connectivity index (χ0n) is 14.0. The van der Waals surface area contributed by atoms with Crippen LogP contribution in [0.2, 0.25) is 5.02 Å². The maximum absolute atomic E-state index is 12.2. The Kier molecular flexibility index (Phi) is 5.23. The Morgan fingerprint density at radius 3 is 3.00 bits per heavy atom. The zero-order chi connectivity index (χ0) is 17.8. The summed E-state index contributed by atoms with van der Waals surface area (Å²) in [5, 5.41) is 0.496. The van der Waals surface area contributed by atoms with Crippen LogP contribution in [-0.2, 0) is 0 Å². The van der Waals surface area contributed by atoms with Gasteiger partial charge in [0, 0.05) is 23.7 Å². The second kappa shape index (κ2) is 7.57. The molecule has 1 aliphatic rings. The lowest BCUT2D eigenvalue weighted by molar-refractivity contribution is 0.0962. The first-order valence-corrected chi connectivity index (χ1v) is 8.59. The lowest BCUT2D eigenvalue weighted by Gasteiger charge is -2.32. The number of anilines is 3. The molecule has 0 bridgehead atoms. The second-order valence-electron chi connectivity index (χ2n) is 6.24. The van der Waals surface area contributed by atoms with E-state index >= 15 is 0 Å². The number of hydrazine groups is 1. The van der Waals surface area contributed by atoms with Gasteiger partial charge in [-0.15, -0.1) is 0 Å². The van der Waals surface area contributed by atoms with Crippen molar-refractivity contribution in [2.24, 2.45) is 5.92 Å². The fourth-order valence-corrected chi connectivity index (χ4v) is 3.13. The maximum atomic E-state index is 12.2. The second-order valence-corrected chi connectivity index (χ2v) is 6.68. The first-order valence-electron chi connectivity index (χ1n) is 8.22. The molecule has 1 amide bonds. The number of nitrogen functional groups attached to an aromatic ring is 1. The molecule has 25 heavy (non-hydrogen) atoms. The van der Waals surface area contributed by atoms with E-state index in [1.54, 1.807) is 24.3 Å². The van der Waals surface area contributed by atoms with Gasteiger partial charge in [0.05, 0.1) is 0 Å². The average Bonchev–Trinajstić information content (AvgIpc) is 2.60. The molecule has 8 heteroatoms. The van der Waals surface area contributed by atoms with Crippen molar-refractivity contribution in [3.63, 3.8) is 0 Å². The molecule has 132 valence electrons. The maximum Gasteiger partial charge on any atom is 0.269 e. The van der Waals surface area contributed by atoms with Crippen LogP contribution in [0.3, 0.4) is 0 Å². The highest BCUT2D eigenvalue weighted by molar-refractivity contribution is 6.30. The molecule has 1 aliphatic heterocycles. The average molecular weight is 361 g/mol. The number of hydrogen-bond acceptors (Lipinski definition) is 6. The Bertz CT molecular complexity index is 769. The summed E-state index contributed by atoms with van der Waals surface area (Å²) in [6, 6.07) is 6.68. The van der Waals surface area contributed by atoms with E-state index in [2.05, 4.69) is 32.6 Å². The molecule has 1 fully saturated rings. The molecular weight excluding hydrogens is 340 g/mol. The van der Waals surface area contributed by atoms with Gasteiger partial charge in [-0.05, 0) is 37.0 Å².